The van der Waals surface area contributed by atoms with Gasteiger partial charge in [0.1, 0.15) is 0 Å². The van der Waals surface area contributed by atoms with Gasteiger partial charge in [0.05, 0.1) is 5.60 Å². The molecule has 0 aliphatic heterocycles. The molecule has 2 aliphatic carbocycles. The molecule has 106 valence electrons. The van der Waals surface area contributed by atoms with E-state index in [9.17, 15) is 5.11 Å². The standard InChI is InChI=1S/C17H32O/c1-2-3-12-17(18)13-10-8-6-4-5-7-9-11-15-14-16(15)17/h15-16,18H,2-14H2,1H3/t15-,16+,17-/m1/s1. The Morgan fingerprint density at radius 1 is 1.00 bits per heavy atom. The van der Waals surface area contributed by atoms with Gasteiger partial charge in [-0.3, -0.25) is 0 Å². The molecule has 18 heavy (non-hydrogen) atoms. The molecule has 0 unspecified atom stereocenters. The van der Waals surface area contributed by atoms with E-state index in [1.807, 2.05) is 0 Å². The average Bonchev–Trinajstić information content (AvgIpc) is 3.13. The molecule has 0 bridgehead atoms. The summed E-state index contributed by atoms with van der Waals surface area (Å²) in [4.78, 5) is 0. The Labute approximate surface area is 113 Å². The van der Waals surface area contributed by atoms with Gasteiger partial charge in [-0.05, 0) is 31.1 Å². The predicted octanol–water partition coefficient (Wildman–Crippen LogP) is 5.07. The molecule has 0 aromatic rings. The van der Waals surface area contributed by atoms with Crippen molar-refractivity contribution in [1.82, 2.24) is 0 Å². The van der Waals surface area contributed by atoms with Crippen molar-refractivity contribution in [3.05, 3.63) is 0 Å². The summed E-state index contributed by atoms with van der Waals surface area (Å²) in [6.45, 7) is 2.24. The molecule has 2 aliphatic rings. The van der Waals surface area contributed by atoms with E-state index in [1.54, 1.807) is 0 Å². The first-order valence-electron chi connectivity index (χ1n) is 8.48. The summed E-state index contributed by atoms with van der Waals surface area (Å²) in [5.74, 6) is 1.52. The van der Waals surface area contributed by atoms with Gasteiger partial charge in [0.2, 0.25) is 0 Å². The summed E-state index contributed by atoms with van der Waals surface area (Å²) in [7, 11) is 0. The molecule has 0 aromatic carbocycles. The van der Waals surface area contributed by atoms with E-state index in [0.717, 1.165) is 18.8 Å². The zero-order valence-corrected chi connectivity index (χ0v) is 12.3. The average molecular weight is 252 g/mol. The number of aliphatic hydroxyl groups is 1. The lowest BCUT2D eigenvalue weighted by Gasteiger charge is -2.29. The van der Waals surface area contributed by atoms with Crippen LogP contribution in [0.15, 0.2) is 0 Å². The highest BCUT2D eigenvalue weighted by Crippen LogP contribution is 2.52. The Kier molecular flexibility index (Phi) is 5.54. The zero-order valence-electron chi connectivity index (χ0n) is 12.3. The highest BCUT2D eigenvalue weighted by atomic mass is 16.3. The quantitative estimate of drug-likeness (QED) is 0.743. The molecule has 3 atom stereocenters. The van der Waals surface area contributed by atoms with Gasteiger partial charge in [-0.2, -0.15) is 0 Å². The molecule has 0 aromatic heterocycles. The van der Waals surface area contributed by atoms with Crippen LogP contribution in [0.3, 0.4) is 0 Å². The summed E-state index contributed by atoms with van der Waals surface area (Å²) in [5.41, 5.74) is -0.292. The second-order valence-corrected chi connectivity index (χ2v) is 6.82. The fourth-order valence-electron chi connectivity index (χ4n) is 3.92. The van der Waals surface area contributed by atoms with Crippen LogP contribution in [-0.2, 0) is 0 Å². The number of hydrogen-bond donors (Lipinski definition) is 1. The second kappa shape index (κ2) is 6.93. The van der Waals surface area contributed by atoms with Gasteiger partial charge in [0.15, 0.2) is 0 Å². The molecule has 0 heterocycles. The van der Waals surface area contributed by atoms with Gasteiger partial charge in [0.25, 0.3) is 0 Å². The van der Waals surface area contributed by atoms with Gasteiger partial charge in [-0.15, -0.1) is 0 Å². The van der Waals surface area contributed by atoms with Crippen molar-refractivity contribution >= 4 is 0 Å². The van der Waals surface area contributed by atoms with Crippen LogP contribution in [0.1, 0.15) is 90.4 Å². The smallest absolute Gasteiger partial charge is 0.0678 e. The molecule has 1 heteroatoms. The molecule has 0 saturated heterocycles. The first kappa shape index (κ1) is 14.4. The van der Waals surface area contributed by atoms with Gasteiger partial charge in [0, 0.05) is 0 Å². The largest absolute Gasteiger partial charge is 0.390 e. The van der Waals surface area contributed by atoms with Crippen molar-refractivity contribution in [3.8, 4) is 0 Å². The van der Waals surface area contributed by atoms with Crippen LogP contribution in [0.25, 0.3) is 0 Å². The first-order valence-corrected chi connectivity index (χ1v) is 8.48. The van der Waals surface area contributed by atoms with Crippen LogP contribution in [0, 0.1) is 11.8 Å². The maximum atomic E-state index is 11.0. The Hall–Kier alpha value is -0.0400. The minimum absolute atomic E-state index is 0.292. The fraction of sp³-hybridized carbons (Fsp3) is 1.00. The highest BCUT2D eigenvalue weighted by Gasteiger charge is 2.50. The summed E-state index contributed by atoms with van der Waals surface area (Å²) in [5, 5.41) is 11.0. The predicted molar refractivity (Wildman–Crippen MR) is 77.6 cm³/mol. The SMILES string of the molecule is CCCC[C@@]1(O)CCCCCCCCC[C@@H]2C[C@@H]21. The van der Waals surface area contributed by atoms with Gasteiger partial charge < -0.3 is 5.11 Å². The Morgan fingerprint density at radius 2 is 1.67 bits per heavy atom. The topological polar surface area (TPSA) is 20.2 Å². The van der Waals surface area contributed by atoms with E-state index in [0.29, 0.717) is 5.92 Å². The summed E-state index contributed by atoms with van der Waals surface area (Å²) < 4.78 is 0. The fourth-order valence-corrected chi connectivity index (χ4v) is 3.92. The maximum Gasteiger partial charge on any atom is 0.0678 e. The molecule has 0 spiro atoms. The second-order valence-electron chi connectivity index (χ2n) is 6.82. The summed E-state index contributed by atoms with van der Waals surface area (Å²) >= 11 is 0. The van der Waals surface area contributed by atoms with E-state index in [-0.39, 0.29) is 5.60 Å². The van der Waals surface area contributed by atoms with Crippen LogP contribution >= 0.6 is 0 Å². The third-order valence-electron chi connectivity index (χ3n) is 5.26. The molecule has 0 amide bonds. The van der Waals surface area contributed by atoms with E-state index in [1.165, 1.54) is 70.6 Å². The van der Waals surface area contributed by atoms with E-state index in [4.69, 9.17) is 0 Å². The third-order valence-corrected chi connectivity index (χ3v) is 5.26. The Balaban J connectivity index is 1.88. The number of unbranched alkanes of at least 4 members (excludes halogenated alkanes) is 1. The lowest BCUT2D eigenvalue weighted by Crippen LogP contribution is -2.32. The molecular formula is C17H32O. The van der Waals surface area contributed by atoms with Crippen LogP contribution in [0.4, 0.5) is 0 Å². The molecule has 0 radical (unpaired) electrons. The molecule has 2 saturated carbocycles. The van der Waals surface area contributed by atoms with Crippen LogP contribution in [-0.4, -0.2) is 10.7 Å². The maximum absolute atomic E-state index is 11.0. The van der Waals surface area contributed by atoms with Crippen LogP contribution in [0.5, 0.6) is 0 Å². The van der Waals surface area contributed by atoms with Crippen molar-refractivity contribution < 1.29 is 5.11 Å². The molecular weight excluding hydrogens is 220 g/mol. The van der Waals surface area contributed by atoms with Gasteiger partial charge in [-0.1, -0.05) is 71.1 Å². The van der Waals surface area contributed by atoms with Crippen molar-refractivity contribution in [2.75, 3.05) is 0 Å². The van der Waals surface area contributed by atoms with Gasteiger partial charge in [-0.25, -0.2) is 0 Å². The first-order chi connectivity index (χ1) is 8.76. The zero-order chi connectivity index (χ0) is 12.8. The van der Waals surface area contributed by atoms with Crippen LogP contribution in [0.2, 0.25) is 0 Å². The van der Waals surface area contributed by atoms with Crippen molar-refractivity contribution in [3.63, 3.8) is 0 Å². The third kappa shape index (κ3) is 3.98. The van der Waals surface area contributed by atoms with Crippen molar-refractivity contribution in [2.24, 2.45) is 11.8 Å². The number of hydrogen-bond acceptors (Lipinski definition) is 1. The van der Waals surface area contributed by atoms with Crippen molar-refractivity contribution in [2.45, 2.75) is 96.0 Å². The minimum Gasteiger partial charge on any atom is -0.390 e. The van der Waals surface area contributed by atoms with E-state index >= 15 is 0 Å². The Morgan fingerprint density at radius 3 is 2.39 bits per heavy atom. The lowest BCUT2D eigenvalue weighted by molar-refractivity contribution is -0.00909. The highest BCUT2D eigenvalue weighted by molar-refractivity contribution is 5.00. The minimum atomic E-state index is -0.292. The van der Waals surface area contributed by atoms with E-state index < -0.39 is 0 Å². The molecule has 1 nitrogen and oxygen atoms in total. The summed E-state index contributed by atoms with van der Waals surface area (Å²) in [6, 6.07) is 0. The number of rotatable bonds is 3. The number of fused-ring (bicyclic) bond motifs is 1. The van der Waals surface area contributed by atoms with Gasteiger partial charge >= 0.3 is 0 Å². The molecule has 2 fully saturated rings. The lowest BCUT2D eigenvalue weighted by atomic mass is 9.84. The Bertz CT molecular complexity index is 238. The van der Waals surface area contributed by atoms with Crippen LogP contribution < -0.4 is 0 Å². The monoisotopic (exact) mass is 252 g/mol. The normalized spacial score (nSPS) is 38.3. The molecule has 2 rings (SSSR count). The molecule has 1 N–H and O–H groups in total. The van der Waals surface area contributed by atoms with Crippen molar-refractivity contribution in [1.29, 1.82) is 0 Å². The summed E-state index contributed by atoms with van der Waals surface area (Å²) in [6.07, 6.45) is 16.9. The van der Waals surface area contributed by atoms with E-state index in [2.05, 4.69) is 6.92 Å².